The topological polar surface area (TPSA) is 82.5 Å². The molecule has 7 nitrogen and oxygen atoms in total. The van der Waals surface area contributed by atoms with Crippen LogP contribution in [0.2, 0.25) is 36.3 Å². The lowest BCUT2D eigenvalue weighted by molar-refractivity contribution is -0.0455. The van der Waals surface area contributed by atoms with E-state index in [1.165, 1.54) is 12.3 Å². The van der Waals surface area contributed by atoms with Crippen molar-refractivity contribution >= 4 is 16.6 Å². The maximum Gasteiger partial charge on any atom is 0.330 e. The second-order valence-electron chi connectivity index (χ2n) is 11.4. The fourth-order valence-corrected chi connectivity index (χ4v) is 5.17. The molecule has 1 aromatic rings. The lowest BCUT2D eigenvalue weighted by atomic mass is 10.1. The normalized spacial score (nSPS) is 25.8. The zero-order valence-electron chi connectivity index (χ0n) is 20.5. The molecule has 2 heterocycles. The minimum absolute atomic E-state index is 0.00817. The van der Waals surface area contributed by atoms with E-state index < -0.39 is 52.5 Å². The number of nitrogens with zero attached hydrogens (tertiary/aromatic N) is 1. The van der Waals surface area contributed by atoms with Gasteiger partial charge in [0.1, 0.15) is 12.2 Å². The van der Waals surface area contributed by atoms with Gasteiger partial charge in [0.05, 0.1) is 6.61 Å². The highest BCUT2D eigenvalue weighted by Gasteiger charge is 2.52. The number of ether oxygens (including phenoxy) is 1. The molecule has 178 valence electrons. The van der Waals surface area contributed by atoms with Crippen LogP contribution in [-0.4, -0.2) is 51.2 Å². The Kier molecular flexibility index (Phi) is 7.34. The second-order valence-corrected chi connectivity index (χ2v) is 21.0. The number of rotatable bonds is 6. The molecular formula is C21H39FN2O5Si2. The van der Waals surface area contributed by atoms with Gasteiger partial charge in [0.25, 0.3) is 5.56 Å². The van der Waals surface area contributed by atoms with Crippen molar-refractivity contribution < 1.29 is 18.0 Å². The predicted octanol–water partition coefficient (Wildman–Crippen LogP) is 4.18. The van der Waals surface area contributed by atoms with Crippen molar-refractivity contribution in [2.75, 3.05) is 6.61 Å². The van der Waals surface area contributed by atoms with Gasteiger partial charge in [0, 0.05) is 12.3 Å². The smallest absolute Gasteiger partial charge is 0.330 e. The highest BCUT2D eigenvalue weighted by Crippen LogP contribution is 2.43. The molecule has 1 aromatic heterocycles. The van der Waals surface area contributed by atoms with E-state index in [9.17, 15) is 9.59 Å². The minimum atomic E-state index is -2.33. The van der Waals surface area contributed by atoms with E-state index in [2.05, 4.69) is 72.7 Å². The Hall–Kier alpha value is -1.08. The standard InChI is InChI=1S/C21H39FN2O5Si2/c1-20(2,3)30(7,8)27-13-14-17(29-31(9,10)21(4,5)6)16(22)18(28-14)24-12-11-15(25)23-19(24)26/h11-12,14,16-18H,13H2,1-10H3,(H,23,25,26)/t14-,16+,17?,18-/m1/s1. The summed E-state index contributed by atoms with van der Waals surface area (Å²) in [6, 6.07) is 1.18. The van der Waals surface area contributed by atoms with Crippen molar-refractivity contribution in [1.82, 2.24) is 9.55 Å². The molecule has 0 bridgehead atoms. The highest BCUT2D eigenvalue weighted by atomic mass is 28.4. The quantitative estimate of drug-likeness (QED) is 0.625. The van der Waals surface area contributed by atoms with Crippen LogP contribution >= 0.6 is 0 Å². The Morgan fingerprint density at radius 2 is 1.61 bits per heavy atom. The Labute approximate surface area is 186 Å². The zero-order chi connectivity index (χ0) is 24.0. The number of nitrogens with one attached hydrogen (secondary N) is 1. The van der Waals surface area contributed by atoms with Gasteiger partial charge in [-0.3, -0.25) is 14.3 Å². The van der Waals surface area contributed by atoms with Crippen LogP contribution in [0.15, 0.2) is 21.9 Å². The van der Waals surface area contributed by atoms with E-state index in [-0.39, 0.29) is 16.7 Å². The summed E-state index contributed by atoms with van der Waals surface area (Å²) in [6.07, 6.45) is -3.03. The van der Waals surface area contributed by atoms with Crippen LogP contribution in [0.4, 0.5) is 4.39 Å². The van der Waals surface area contributed by atoms with Gasteiger partial charge in [0.2, 0.25) is 0 Å². The minimum Gasteiger partial charge on any atom is -0.414 e. The van der Waals surface area contributed by atoms with Crippen LogP contribution in [0, 0.1) is 0 Å². The van der Waals surface area contributed by atoms with Gasteiger partial charge in [-0.05, 0) is 36.3 Å². The van der Waals surface area contributed by atoms with Crippen molar-refractivity contribution in [3.8, 4) is 0 Å². The number of aromatic nitrogens is 2. The van der Waals surface area contributed by atoms with Crippen LogP contribution < -0.4 is 11.2 Å². The summed E-state index contributed by atoms with van der Waals surface area (Å²) >= 11 is 0. The molecule has 0 amide bonds. The van der Waals surface area contributed by atoms with Gasteiger partial charge in [0.15, 0.2) is 29.0 Å². The van der Waals surface area contributed by atoms with Gasteiger partial charge in [-0.1, -0.05) is 41.5 Å². The molecule has 4 atom stereocenters. The molecule has 1 unspecified atom stereocenters. The van der Waals surface area contributed by atoms with E-state index in [1.54, 1.807) is 0 Å². The Balaban J connectivity index is 2.37. The van der Waals surface area contributed by atoms with Gasteiger partial charge in [-0.25, -0.2) is 9.18 Å². The molecule has 0 saturated carbocycles. The molecule has 0 spiro atoms. The molecule has 1 N–H and O–H groups in total. The number of aromatic amines is 1. The van der Waals surface area contributed by atoms with E-state index >= 15 is 4.39 Å². The first-order valence-corrected chi connectivity index (χ1v) is 16.6. The fraction of sp³-hybridized carbons (Fsp3) is 0.810. The number of hydrogen-bond acceptors (Lipinski definition) is 5. The Morgan fingerprint density at radius 1 is 1.06 bits per heavy atom. The largest absolute Gasteiger partial charge is 0.414 e. The molecule has 10 heteroatoms. The van der Waals surface area contributed by atoms with Crippen LogP contribution in [0.5, 0.6) is 0 Å². The third-order valence-corrected chi connectivity index (χ3v) is 16.0. The summed E-state index contributed by atoms with van der Waals surface area (Å²) in [7, 11) is -4.43. The molecular weight excluding hydrogens is 435 g/mol. The van der Waals surface area contributed by atoms with E-state index in [4.69, 9.17) is 13.6 Å². The van der Waals surface area contributed by atoms with Gasteiger partial charge in [-0.15, -0.1) is 0 Å². The highest BCUT2D eigenvalue weighted by molar-refractivity contribution is 6.74. The molecule has 0 aromatic carbocycles. The SMILES string of the molecule is CC(C)(C)[Si](C)(C)OC[C@H]1O[C@@H](n2ccc(=O)[nH]c2=O)[C@@H](F)C1O[Si](C)(C)C(C)(C)C. The average molecular weight is 475 g/mol. The van der Waals surface area contributed by atoms with Crippen LogP contribution in [0.3, 0.4) is 0 Å². The third kappa shape index (κ3) is 5.65. The second kappa shape index (κ2) is 8.70. The van der Waals surface area contributed by atoms with E-state index in [0.29, 0.717) is 0 Å². The lowest BCUT2D eigenvalue weighted by Crippen LogP contribution is -2.50. The van der Waals surface area contributed by atoms with Gasteiger partial charge in [-0.2, -0.15) is 0 Å². The average Bonchev–Trinajstić information content (AvgIpc) is 2.87. The van der Waals surface area contributed by atoms with E-state index in [0.717, 1.165) is 4.57 Å². The molecule has 1 aliphatic heterocycles. The van der Waals surface area contributed by atoms with E-state index in [1.807, 2.05) is 0 Å². The molecule has 1 fully saturated rings. The Bertz CT molecular complexity index is 885. The zero-order valence-corrected chi connectivity index (χ0v) is 22.5. The summed E-state index contributed by atoms with van der Waals surface area (Å²) < 4.78 is 35.6. The first-order valence-electron chi connectivity index (χ1n) is 10.8. The molecule has 0 radical (unpaired) electrons. The predicted molar refractivity (Wildman–Crippen MR) is 125 cm³/mol. The number of halogens is 1. The van der Waals surface area contributed by atoms with Crippen LogP contribution in [-0.2, 0) is 13.6 Å². The first-order chi connectivity index (χ1) is 13.9. The Morgan fingerprint density at radius 3 is 2.10 bits per heavy atom. The lowest BCUT2D eigenvalue weighted by Gasteiger charge is -2.40. The molecule has 1 saturated heterocycles. The third-order valence-electron chi connectivity index (χ3n) is 7.04. The summed E-state index contributed by atoms with van der Waals surface area (Å²) in [5, 5.41) is -0.129. The van der Waals surface area contributed by atoms with Gasteiger partial charge < -0.3 is 13.6 Å². The van der Waals surface area contributed by atoms with Gasteiger partial charge >= 0.3 is 5.69 Å². The van der Waals surface area contributed by atoms with Crippen LogP contribution in [0.1, 0.15) is 47.8 Å². The number of alkyl halides is 1. The first kappa shape index (κ1) is 26.2. The number of H-pyrrole nitrogens is 1. The summed E-state index contributed by atoms with van der Waals surface area (Å²) in [6.45, 7) is 21.2. The summed E-state index contributed by atoms with van der Waals surface area (Å²) in [4.78, 5) is 25.9. The van der Waals surface area contributed by atoms with Crippen molar-refractivity contribution in [3.63, 3.8) is 0 Å². The fourth-order valence-electron chi connectivity index (χ4n) is 2.84. The molecule has 31 heavy (non-hydrogen) atoms. The molecule has 2 rings (SSSR count). The van der Waals surface area contributed by atoms with Crippen molar-refractivity contribution in [1.29, 1.82) is 0 Å². The van der Waals surface area contributed by atoms with Crippen molar-refractivity contribution in [2.24, 2.45) is 0 Å². The maximum absolute atomic E-state index is 15.7. The monoisotopic (exact) mass is 474 g/mol. The van der Waals surface area contributed by atoms with Crippen molar-refractivity contribution in [2.45, 2.75) is 102 Å². The van der Waals surface area contributed by atoms with Crippen LogP contribution in [0.25, 0.3) is 0 Å². The molecule has 0 aliphatic carbocycles. The van der Waals surface area contributed by atoms with Crippen molar-refractivity contribution in [3.05, 3.63) is 33.1 Å². The summed E-state index contributed by atoms with van der Waals surface area (Å²) in [5.41, 5.74) is -1.25. The summed E-state index contributed by atoms with van der Waals surface area (Å²) in [5.74, 6) is 0. The maximum atomic E-state index is 15.7. The molecule has 1 aliphatic rings. The number of hydrogen-bond donors (Lipinski definition) is 1.